The summed E-state index contributed by atoms with van der Waals surface area (Å²) in [5.41, 5.74) is 5.08. The third kappa shape index (κ3) is 3.16. The van der Waals surface area contributed by atoms with Gasteiger partial charge in [0.15, 0.2) is 0 Å². The SMILES string of the molecule is CC(C)NCC(O)COc1cccc2c1-c1ccccc1C2. The molecule has 0 aromatic heterocycles. The first kappa shape index (κ1) is 15.1. The van der Waals surface area contributed by atoms with Crippen LogP contribution in [0, 0.1) is 0 Å². The Kier molecular flexibility index (Phi) is 4.46. The Bertz CT molecular complexity index is 652. The van der Waals surface area contributed by atoms with Crippen LogP contribution in [0.2, 0.25) is 0 Å². The van der Waals surface area contributed by atoms with E-state index < -0.39 is 6.10 Å². The predicted molar refractivity (Wildman–Crippen MR) is 89.3 cm³/mol. The first-order valence-corrected chi connectivity index (χ1v) is 7.89. The second-order valence-corrected chi connectivity index (χ2v) is 6.15. The largest absolute Gasteiger partial charge is 0.490 e. The number of nitrogens with one attached hydrogen (secondary N) is 1. The minimum Gasteiger partial charge on any atom is -0.490 e. The summed E-state index contributed by atoms with van der Waals surface area (Å²) in [6.45, 7) is 4.98. The first-order valence-electron chi connectivity index (χ1n) is 7.89. The normalized spacial score (nSPS) is 13.8. The van der Waals surface area contributed by atoms with Crippen LogP contribution in [0.1, 0.15) is 25.0 Å². The quantitative estimate of drug-likeness (QED) is 0.735. The molecule has 0 spiro atoms. The highest BCUT2D eigenvalue weighted by molar-refractivity contribution is 5.81. The molecule has 0 amide bonds. The van der Waals surface area contributed by atoms with Crippen molar-refractivity contribution < 1.29 is 9.84 Å². The van der Waals surface area contributed by atoms with Crippen molar-refractivity contribution in [3.05, 3.63) is 53.6 Å². The number of hydrogen-bond acceptors (Lipinski definition) is 3. The maximum Gasteiger partial charge on any atom is 0.127 e. The van der Waals surface area contributed by atoms with Crippen molar-refractivity contribution in [2.75, 3.05) is 13.2 Å². The zero-order valence-electron chi connectivity index (χ0n) is 13.2. The fraction of sp³-hybridized carbons (Fsp3) is 0.368. The molecule has 0 saturated carbocycles. The van der Waals surface area contributed by atoms with Gasteiger partial charge >= 0.3 is 0 Å². The molecule has 2 N–H and O–H groups in total. The van der Waals surface area contributed by atoms with E-state index in [1.807, 2.05) is 12.1 Å². The van der Waals surface area contributed by atoms with Gasteiger partial charge in [-0.3, -0.25) is 0 Å². The summed E-state index contributed by atoms with van der Waals surface area (Å²) in [7, 11) is 0. The van der Waals surface area contributed by atoms with E-state index in [4.69, 9.17) is 4.74 Å². The minimum atomic E-state index is -0.505. The zero-order valence-corrected chi connectivity index (χ0v) is 13.2. The van der Waals surface area contributed by atoms with Crippen LogP contribution in [0.4, 0.5) is 0 Å². The van der Waals surface area contributed by atoms with E-state index in [2.05, 4.69) is 49.5 Å². The van der Waals surface area contributed by atoms with Crippen molar-refractivity contribution in [1.29, 1.82) is 0 Å². The lowest BCUT2D eigenvalue weighted by atomic mass is 10.0. The van der Waals surface area contributed by atoms with Crippen LogP contribution in [0.5, 0.6) is 5.75 Å². The molecule has 3 heteroatoms. The Morgan fingerprint density at radius 2 is 1.86 bits per heavy atom. The van der Waals surface area contributed by atoms with Gasteiger partial charge in [-0.1, -0.05) is 50.2 Å². The number of aliphatic hydroxyl groups excluding tert-OH is 1. The standard InChI is InChI=1S/C19H23NO2/c1-13(2)20-11-16(21)12-22-18-9-5-7-15-10-14-6-3-4-8-17(14)19(15)18/h3-9,13,16,20-21H,10-12H2,1-2H3. The van der Waals surface area contributed by atoms with Gasteiger partial charge in [0.05, 0.1) is 0 Å². The highest BCUT2D eigenvalue weighted by Gasteiger charge is 2.21. The molecule has 1 atom stereocenters. The summed E-state index contributed by atoms with van der Waals surface area (Å²) in [5, 5.41) is 13.2. The van der Waals surface area contributed by atoms with E-state index in [0.29, 0.717) is 19.2 Å². The average molecular weight is 297 g/mol. The monoisotopic (exact) mass is 297 g/mol. The Balaban J connectivity index is 1.73. The molecule has 0 saturated heterocycles. The van der Waals surface area contributed by atoms with Crippen molar-refractivity contribution in [3.8, 4) is 16.9 Å². The van der Waals surface area contributed by atoms with Gasteiger partial charge in [0.25, 0.3) is 0 Å². The first-order chi connectivity index (χ1) is 10.6. The van der Waals surface area contributed by atoms with E-state index in [9.17, 15) is 5.11 Å². The number of aliphatic hydroxyl groups is 1. The molecule has 0 aliphatic heterocycles. The van der Waals surface area contributed by atoms with Crippen molar-refractivity contribution >= 4 is 0 Å². The van der Waals surface area contributed by atoms with Crippen molar-refractivity contribution in [2.24, 2.45) is 0 Å². The van der Waals surface area contributed by atoms with Gasteiger partial charge in [-0.2, -0.15) is 0 Å². The molecule has 0 bridgehead atoms. The molecule has 116 valence electrons. The molecule has 1 unspecified atom stereocenters. The van der Waals surface area contributed by atoms with Crippen LogP contribution in [-0.4, -0.2) is 30.4 Å². The van der Waals surface area contributed by atoms with Gasteiger partial charge in [-0.25, -0.2) is 0 Å². The summed E-state index contributed by atoms with van der Waals surface area (Å²) in [4.78, 5) is 0. The smallest absolute Gasteiger partial charge is 0.127 e. The minimum absolute atomic E-state index is 0.304. The molecule has 2 aromatic carbocycles. The van der Waals surface area contributed by atoms with Crippen LogP contribution >= 0.6 is 0 Å². The fourth-order valence-electron chi connectivity index (χ4n) is 2.89. The third-order valence-electron chi connectivity index (χ3n) is 3.97. The third-order valence-corrected chi connectivity index (χ3v) is 3.97. The Morgan fingerprint density at radius 1 is 1.09 bits per heavy atom. The van der Waals surface area contributed by atoms with E-state index in [-0.39, 0.29) is 0 Å². The summed E-state index contributed by atoms with van der Waals surface area (Å²) < 4.78 is 5.91. The average Bonchev–Trinajstić information content (AvgIpc) is 2.90. The lowest BCUT2D eigenvalue weighted by Crippen LogP contribution is -2.35. The van der Waals surface area contributed by atoms with Crippen molar-refractivity contribution in [3.63, 3.8) is 0 Å². The molecule has 2 aromatic rings. The highest BCUT2D eigenvalue weighted by Crippen LogP contribution is 2.42. The van der Waals surface area contributed by atoms with Gasteiger partial charge < -0.3 is 15.2 Å². The molecular formula is C19H23NO2. The maximum atomic E-state index is 10.0. The van der Waals surface area contributed by atoms with Crippen molar-refractivity contribution in [2.45, 2.75) is 32.4 Å². The highest BCUT2D eigenvalue weighted by atomic mass is 16.5. The maximum absolute atomic E-state index is 10.0. The topological polar surface area (TPSA) is 41.5 Å². The van der Waals surface area contributed by atoms with E-state index in [1.54, 1.807) is 0 Å². The van der Waals surface area contributed by atoms with Gasteiger partial charge in [-0.05, 0) is 29.2 Å². The van der Waals surface area contributed by atoms with E-state index in [1.165, 1.54) is 22.3 Å². The second-order valence-electron chi connectivity index (χ2n) is 6.15. The number of hydrogen-bond donors (Lipinski definition) is 2. The lowest BCUT2D eigenvalue weighted by molar-refractivity contribution is 0.105. The Morgan fingerprint density at radius 3 is 2.68 bits per heavy atom. The van der Waals surface area contributed by atoms with Crippen molar-refractivity contribution in [1.82, 2.24) is 5.32 Å². The molecular weight excluding hydrogens is 274 g/mol. The molecule has 0 fully saturated rings. The number of benzene rings is 2. The fourth-order valence-corrected chi connectivity index (χ4v) is 2.89. The summed E-state index contributed by atoms with van der Waals surface area (Å²) in [5.74, 6) is 0.867. The number of ether oxygens (including phenoxy) is 1. The molecule has 22 heavy (non-hydrogen) atoms. The predicted octanol–water partition coefficient (Wildman–Crippen LogP) is 3.00. The van der Waals surface area contributed by atoms with Gasteiger partial charge in [0.1, 0.15) is 18.5 Å². The van der Waals surface area contributed by atoms with Crippen LogP contribution in [0.3, 0.4) is 0 Å². The number of fused-ring (bicyclic) bond motifs is 3. The van der Waals surface area contributed by atoms with Crippen LogP contribution < -0.4 is 10.1 Å². The second kappa shape index (κ2) is 6.51. The van der Waals surface area contributed by atoms with E-state index in [0.717, 1.165) is 12.2 Å². The Hall–Kier alpha value is -1.84. The number of rotatable bonds is 6. The van der Waals surface area contributed by atoms with Crippen LogP contribution in [0.15, 0.2) is 42.5 Å². The zero-order chi connectivity index (χ0) is 15.5. The van der Waals surface area contributed by atoms with Gasteiger partial charge in [-0.15, -0.1) is 0 Å². The van der Waals surface area contributed by atoms with Gasteiger partial charge in [0.2, 0.25) is 0 Å². The van der Waals surface area contributed by atoms with Gasteiger partial charge in [0, 0.05) is 18.2 Å². The van der Waals surface area contributed by atoms with Crippen LogP contribution in [-0.2, 0) is 6.42 Å². The molecule has 1 aliphatic rings. The molecule has 1 aliphatic carbocycles. The molecule has 3 rings (SSSR count). The molecule has 0 radical (unpaired) electrons. The Labute approximate surface area is 131 Å². The molecule has 3 nitrogen and oxygen atoms in total. The summed E-state index contributed by atoms with van der Waals surface area (Å²) >= 11 is 0. The summed E-state index contributed by atoms with van der Waals surface area (Å²) in [6.07, 6.45) is 0.454. The van der Waals surface area contributed by atoms with Crippen LogP contribution in [0.25, 0.3) is 11.1 Å². The van der Waals surface area contributed by atoms with E-state index >= 15 is 0 Å². The summed E-state index contributed by atoms with van der Waals surface area (Å²) in [6, 6.07) is 15.0. The molecule has 0 heterocycles. The lowest BCUT2D eigenvalue weighted by Gasteiger charge is -2.17.